The van der Waals surface area contributed by atoms with Crippen molar-refractivity contribution in [2.45, 2.75) is 25.7 Å². The number of carboxylic acid groups (broad SMARTS) is 1. The number of halogens is 1. The van der Waals surface area contributed by atoms with Crippen LogP contribution < -0.4 is 5.56 Å². The van der Waals surface area contributed by atoms with Crippen LogP contribution in [0.3, 0.4) is 0 Å². The zero-order chi connectivity index (χ0) is 20.1. The maximum Gasteiger partial charge on any atom is 0.303 e. The molecule has 0 saturated heterocycles. The predicted octanol–water partition coefficient (Wildman–Crippen LogP) is 3.13. The van der Waals surface area contributed by atoms with Gasteiger partial charge in [-0.05, 0) is 54.8 Å². The molecule has 0 amide bonds. The van der Waals surface area contributed by atoms with Crippen molar-refractivity contribution in [1.29, 1.82) is 0 Å². The lowest BCUT2D eigenvalue weighted by atomic mass is 10.1. The molecule has 0 atom stereocenters. The fourth-order valence-electron chi connectivity index (χ4n) is 2.98. The summed E-state index contributed by atoms with van der Waals surface area (Å²) in [6, 6.07) is 10.4. The van der Waals surface area contributed by atoms with Crippen LogP contribution in [0, 0.1) is 5.82 Å². The average Bonchev–Trinajstić information content (AvgIpc) is 2.66. The van der Waals surface area contributed by atoms with Crippen molar-refractivity contribution < 1.29 is 19.5 Å². The zero-order valence-electron chi connectivity index (χ0n) is 14.9. The lowest BCUT2D eigenvalue weighted by molar-refractivity contribution is -0.137. The molecule has 0 bridgehead atoms. The van der Waals surface area contributed by atoms with Crippen molar-refractivity contribution in [2.24, 2.45) is 5.16 Å². The highest BCUT2D eigenvalue weighted by molar-refractivity contribution is 5.88. The minimum absolute atomic E-state index is 0.0332. The second-order valence-corrected chi connectivity index (χ2v) is 6.27. The van der Waals surface area contributed by atoms with Gasteiger partial charge in [0.15, 0.2) is 0 Å². The maximum atomic E-state index is 13.3. The van der Waals surface area contributed by atoms with Crippen LogP contribution in [0.4, 0.5) is 4.39 Å². The van der Waals surface area contributed by atoms with E-state index in [0.29, 0.717) is 47.2 Å². The number of unbranched alkanes of at least 4 members (excludes halogenated alkanes) is 1. The molecule has 144 valence electrons. The molecule has 7 nitrogen and oxygen atoms in total. The summed E-state index contributed by atoms with van der Waals surface area (Å²) in [5.74, 6) is -0.843. The molecule has 3 aromatic rings. The molecule has 0 spiro atoms. The van der Waals surface area contributed by atoms with E-state index in [4.69, 9.17) is 10.3 Å². The normalized spacial score (nSPS) is 11.3. The third-order valence-electron chi connectivity index (χ3n) is 4.30. The number of benzene rings is 2. The molecule has 8 heteroatoms. The van der Waals surface area contributed by atoms with E-state index in [2.05, 4.69) is 10.1 Å². The van der Waals surface area contributed by atoms with Gasteiger partial charge in [0.1, 0.15) is 11.6 Å². The van der Waals surface area contributed by atoms with Gasteiger partial charge in [0, 0.05) is 12.8 Å². The number of rotatable bonds is 7. The molecule has 0 radical (unpaired) electrons. The summed E-state index contributed by atoms with van der Waals surface area (Å²) in [7, 11) is 0. The van der Waals surface area contributed by atoms with Crippen LogP contribution >= 0.6 is 0 Å². The summed E-state index contributed by atoms with van der Waals surface area (Å²) in [6.45, 7) is 0. The Labute approximate surface area is 159 Å². The SMILES string of the molecule is O=C(O)CCCCc1nc2cc(/C=N\O)ccc2c(=O)n1-c1ccc(F)cc1. The zero-order valence-corrected chi connectivity index (χ0v) is 14.9. The van der Waals surface area contributed by atoms with Crippen molar-refractivity contribution in [1.82, 2.24) is 9.55 Å². The summed E-state index contributed by atoms with van der Waals surface area (Å²) < 4.78 is 14.7. The number of nitrogens with zero attached hydrogens (tertiary/aromatic N) is 3. The van der Waals surface area contributed by atoms with Gasteiger partial charge < -0.3 is 10.3 Å². The van der Waals surface area contributed by atoms with Crippen LogP contribution in [0.5, 0.6) is 0 Å². The van der Waals surface area contributed by atoms with Crippen LogP contribution in [-0.2, 0) is 11.2 Å². The lowest BCUT2D eigenvalue weighted by Crippen LogP contribution is -2.24. The summed E-state index contributed by atoms with van der Waals surface area (Å²) in [5, 5.41) is 20.9. The first-order valence-corrected chi connectivity index (χ1v) is 8.70. The monoisotopic (exact) mass is 383 g/mol. The molecular formula is C20H18FN3O4. The fraction of sp³-hybridized carbons (Fsp3) is 0.200. The third-order valence-corrected chi connectivity index (χ3v) is 4.30. The highest BCUT2D eigenvalue weighted by atomic mass is 19.1. The van der Waals surface area contributed by atoms with E-state index >= 15 is 0 Å². The van der Waals surface area contributed by atoms with Crippen molar-refractivity contribution in [2.75, 3.05) is 0 Å². The van der Waals surface area contributed by atoms with E-state index in [-0.39, 0.29) is 12.0 Å². The van der Waals surface area contributed by atoms with Crippen molar-refractivity contribution in [3.05, 3.63) is 70.0 Å². The summed E-state index contributed by atoms with van der Waals surface area (Å²) >= 11 is 0. The Kier molecular flexibility index (Phi) is 5.78. The molecule has 0 aliphatic rings. The van der Waals surface area contributed by atoms with Gasteiger partial charge in [-0.15, -0.1) is 0 Å². The largest absolute Gasteiger partial charge is 0.481 e. The van der Waals surface area contributed by atoms with Crippen LogP contribution in [0.15, 0.2) is 52.4 Å². The lowest BCUT2D eigenvalue weighted by Gasteiger charge is -2.14. The summed E-state index contributed by atoms with van der Waals surface area (Å²) in [4.78, 5) is 28.4. The molecule has 1 aromatic heterocycles. The van der Waals surface area contributed by atoms with Gasteiger partial charge in [-0.3, -0.25) is 14.2 Å². The molecule has 2 aromatic carbocycles. The van der Waals surface area contributed by atoms with Crippen molar-refractivity contribution in [3.8, 4) is 5.69 Å². The Morgan fingerprint density at radius 1 is 1.18 bits per heavy atom. The van der Waals surface area contributed by atoms with E-state index in [0.717, 1.165) is 0 Å². The Bertz CT molecular complexity index is 1090. The number of oxime groups is 1. The topological polar surface area (TPSA) is 105 Å². The predicted molar refractivity (Wildman–Crippen MR) is 102 cm³/mol. The second kappa shape index (κ2) is 8.43. The van der Waals surface area contributed by atoms with Gasteiger partial charge in [0.2, 0.25) is 0 Å². The van der Waals surface area contributed by atoms with Crippen molar-refractivity contribution in [3.63, 3.8) is 0 Å². The number of carbonyl (C=O) groups is 1. The van der Waals surface area contributed by atoms with Gasteiger partial charge in [-0.2, -0.15) is 0 Å². The molecule has 3 rings (SSSR count). The van der Waals surface area contributed by atoms with Crippen LogP contribution in [0.1, 0.15) is 30.7 Å². The number of aliphatic carboxylic acids is 1. The van der Waals surface area contributed by atoms with E-state index < -0.39 is 11.8 Å². The van der Waals surface area contributed by atoms with Gasteiger partial charge in [-0.1, -0.05) is 11.2 Å². The number of carboxylic acids is 1. The van der Waals surface area contributed by atoms with Crippen LogP contribution in [0.2, 0.25) is 0 Å². The van der Waals surface area contributed by atoms with Gasteiger partial charge in [0.25, 0.3) is 5.56 Å². The molecule has 28 heavy (non-hydrogen) atoms. The Morgan fingerprint density at radius 2 is 1.93 bits per heavy atom. The van der Waals surface area contributed by atoms with Gasteiger partial charge >= 0.3 is 5.97 Å². The molecule has 0 unspecified atom stereocenters. The first-order chi connectivity index (χ1) is 13.5. The van der Waals surface area contributed by atoms with E-state index in [1.54, 1.807) is 18.2 Å². The number of hydrogen-bond acceptors (Lipinski definition) is 5. The van der Waals surface area contributed by atoms with Gasteiger partial charge in [0.05, 0.1) is 22.8 Å². The molecule has 0 saturated carbocycles. The van der Waals surface area contributed by atoms with E-state index in [9.17, 15) is 14.0 Å². The standard InChI is InChI=1S/C20H18FN3O4/c21-14-6-8-15(9-7-14)24-18(3-1-2-4-19(25)26)23-17-11-13(12-22-28)5-10-16(17)20(24)27/h5-12,28H,1-4H2,(H,25,26)/b22-12-. The smallest absolute Gasteiger partial charge is 0.303 e. The average molecular weight is 383 g/mol. The third kappa shape index (κ3) is 4.22. The molecule has 0 aliphatic carbocycles. The van der Waals surface area contributed by atoms with Crippen molar-refractivity contribution >= 4 is 23.1 Å². The minimum atomic E-state index is -0.879. The molecule has 2 N–H and O–H groups in total. The van der Waals surface area contributed by atoms with E-state index in [1.807, 2.05) is 0 Å². The molecular weight excluding hydrogens is 365 g/mol. The summed E-state index contributed by atoms with van der Waals surface area (Å²) in [5.41, 5.74) is 1.19. The Hall–Kier alpha value is -3.55. The molecule has 0 fully saturated rings. The number of hydrogen-bond donors (Lipinski definition) is 2. The highest BCUT2D eigenvalue weighted by Gasteiger charge is 2.13. The number of aryl methyl sites for hydroxylation is 1. The Balaban J connectivity index is 2.11. The van der Waals surface area contributed by atoms with Crippen LogP contribution in [0.25, 0.3) is 16.6 Å². The fourth-order valence-corrected chi connectivity index (χ4v) is 2.98. The highest BCUT2D eigenvalue weighted by Crippen LogP contribution is 2.17. The minimum Gasteiger partial charge on any atom is -0.481 e. The maximum absolute atomic E-state index is 13.3. The van der Waals surface area contributed by atoms with E-state index in [1.165, 1.54) is 35.0 Å². The quantitative estimate of drug-likeness (QED) is 0.282. The van der Waals surface area contributed by atoms with Crippen LogP contribution in [-0.4, -0.2) is 32.0 Å². The first kappa shape index (κ1) is 19.2. The number of fused-ring (bicyclic) bond motifs is 1. The summed E-state index contributed by atoms with van der Waals surface area (Å²) in [6.07, 6.45) is 2.63. The number of aromatic nitrogens is 2. The molecule has 0 aliphatic heterocycles. The van der Waals surface area contributed by atoms with Gasteiger partial charge in [-0.25, -0.2) is 9.37 Å². The first-order valence-electron chi connectivity index (χ1n) is 8.70. The second-order valence-electron chi connectivity index (χ2n) is 6.27. The molecule has 1 heterocycles. The Morgan fingerprint density at radius 3 is 2.61 bits per heavy atom.